The quantitative estimate of drug-likeness (QED) is 0.466. The van der Waals surface area contributed by atoms with E-state index in [4.69, 9.17) is 4.42 Å². The lowest BCUT2D eigenvalue weighted by molar-refractivity contribution is 0.568. The zero-order chi connectivity index (χ0) is 19.9. The van der Waals surface area contributed by atoms with Crippen LogP contribution in [-0.2, 0) is 9.84 Å². The van der Waals surface area contributed by atoms with Crippen LogP contribution in [0.5, 0.6) is 0 Å². The maximum atomic E-state index is 11.7. The molecule has 0 aliphatic rings. The van der Waals surface area contributed by atoms with Gasteiger partial charge in [0.2, 0.25) is 0 Å². The molecule has 0 saturated carbocycles. The Labute approximate surface area is 165 Å². The third kappa shape index (κ3) is 3.29. The monoisotopic (exact) mass is 391 g/mol. The Bertz CT molecular complexity index is 1210. The van der Waals surface area contributed by atoms with E-state index in [-0.39, 0.29) is 0 Å². The third-order valence-electron chi connectivity index (χ3n) is 5.06. The summed E-state index contributed by atoms with van der Waals surface area (Å²) < 4.78 is 30.9. The lowest BCUT2D eigenvalue weighted by atomic mass is 10.1. The Kier molecular flexibility index (Phi) is 4.47. The van der Waals surface area contributed by atoms with E-state index in [2.05, 4.69) is 48.7 Å². The van der Waals surface area contributed by atoms with Crippen molar-refractivity contribution < 1.29 is 12.8 Å². The first-order valence-electron chi connectivity index (χ1n) is 8.97. The van der Waals surface area contributed by atoms with Gasteiger partial charge in [-0.05, 0) is 66.9 Å². The van der Waals surface area contributed by atoms with Crippen molar-refractivity contribution >= 4 is 9.84 Å². The van der Waals surface area contributed by atoms with E-state index in [9.17, 15) is 8.42 Å². The Morgan fingerprint density at radius 2 is 1.46 bits per heavy atom. The number of sulfone groups is 1. The van der Waals surface area contributed by atoms with Crippen LogP contribution in [0.2, 0.25) is 0 Å². The predicted molar refractivity (Wildman–Crippen MR) is 111 cm³/mol. The molecule has 5 heteroatoms. The topological polar surface area (TPSA) is 52.2 Å². The summed E-state index contributed by atoms with van der Waals surface area (Å²) in [6.07, 6.45) is 4.62. The molecule has 0 amide bonds. The SMILES string of the molecule is Cc1cc(-c2ccc(S(C)(=O)=O)cc2)n(-c2ccc(-c3ccoc3)cc2)c1C. The Morgan fingerprint density at radius 3 is 2.04 bits per heavy atom. The van der Waals surface area contributed by atoms with Gasteiger partial charge >= 0.3 is 0 Å². The van der Waals surface area contributed by atoms with Crippen LogP contribution in [0.3, 0.4) is 0 Å². The van der Waals surface area contributed by atoms with Crippen molar-refractivity contribution in [3.63, 3.8) is 0 Å². The Morgan fingerprint density at radius 1 is 0.821 bits per heavy atom. The van der Waals surface area contributed by atoms with Crippen LogP contribution in [0.4, 0.5) is 0 Å². The molecule has 4 aromatic rings. The summed E-state index contributed by atoms with van der Waals surface area (Å²) in [5.74, 6) is 0. The molecule has 28 heavy (non-hydrogen) atoms. The molecule has 0 bridgehead atoms. The van der Waals surface area contributed by atoms with Gasteiger partial charge in [0, 0.05) is 23.2 Å². The van der Waals surface area contributed by atoms with Gasteiger partial charge in [-0.15, -0.1) is 0 Å². The molecule has 2 heterocycles. The number of aromatic nitrogens is 1. The standard InChI is InChI=1S/C23H21NO3S/c1-16-14-23(19-6-10-22(11-7-19)28(3,25)26)24(17(16)2)21-8-4-18(5-9-21)20-12-13-27-15-20/h4-15H,1-3H3. The summed E-state index contributed by atoms with van der Waals surface area (Å²) in [6.45, 7) is 4.17. The van der Waals surface area contributed by atoms with Gasteiger partial charge in [-0.3, -0.25) is 0 Å². The molecule has 2 aromatic carbocycles. The molecule has 4 rings (SSSR count). The summed E-state index contributed by atoms with van der Waals surface area (Å²) in [5.41, 5.74) is 7.54. The lowest BCUT2D eigenvalue weighted by Crippen LogP contribution is -2.00. The number of hydrogen-bond donors (Lipinski definition) is 0. The number of rotatable bonds is 4. The fraction of sp³-hybridized carbons (Fsp3) is 0.130. The predicted octanol–water partition coefficient (Wildman–Crippen LogP) is 5.42. The van der Waals surface area contributed by atoms with Crippen LogP contribution in [0.25, 0.3) is 28.1 Å². The van der Waals surface area contributed by atoms with Gasteiger partial charge in [0.15, 0.2) is 9.84 Å². The largest absolute Gasteiger partial charge is 0.472 e. The number of benzene rings is 2. The molecular formula is C23H21NO3S. The van der Waals surface area contributed by atoms with E-state index in [0.29, 0.717) is 4.90 Å². The number of nitrogens with zero attached hydrogens (tertiary/aromatic N) is 1. The van der Waals surface area contributed by atoms with Crippen molar-refractivity contribution in [2.75, 3.05) is 6.26 Å². The zero-order valence-corrected chi connectivity index (χ0v) is 16.8. The van der Waals surface area contributed by atoms with Crippen molar-refractivity contribution in [3.8, 4) is 28.1 Å². The van der Waals surface area contributed by atoms with Gasteiger partial charge in [0.05, 0.1) is 23.1 Å². The van der Waals surface area contributed by atoms with Crippen LogP contribution in [0, 0.1) is 13.8 Å². The highest BCUT2D eigenvalue weighted by Crippen LogP contribution is 2.31. The summed E-state index contributed by atoms with van der Waals surface area (Å²) >= 11 is 0. The Hall–Kier alpha value is -3.05. The average Bonchev–Trinajstić information content (AvgIpc) is 3.31. The molecule has 0 atom stereocenters. The van der Waals surface area contributed by atoms with Crippen molar-refractivity contribution in [3.05, 3.63) is 84.4 Å². The first-order chi connectivity index (χ1) is 13.3. The molecule has 0 radical (unpaired) electrons. The van der Waals surface area contributed by atoms with Gasteiger partial charge < -0.3 is 8.98 Å². The second kappa shape index (κ2) is 6.84. The summed E-state index contributed by atoms with van der Waals surface area (Å²) in [4.78, 5) is 0.326. The van der Waals surface area contributed by atoms with Gasteiger partial charge in [-0.25, -0.2) is 8.42 Å². The second-order valence-electron chi connectivity index (χ2n) is 6.99. The van der Waals surface area contributed by atoms with Crippen LogP contribution in [0.15, 0.2) is 82.5 Å². The fourth-order valence-electron chi connectivity index (χ4n) is 3.38. The highest BCUT2D eigenvalue weighted by atomic mass is 32.2. The molecule has 0 aliphatic heterocycles. The van der Waals surface area contributed by atoms with E-state index < -0.39 is 9.84 Å². The van der Waals surface area contributed by atoms with E-state index >= 15 is 0 Å². The molecule has 4 nitrogen and oxygen atoms in total. The first kappa shape index (κ1) is 18.3. The molecule has 0 N–H and O–H groups in total. The minimum absolute atomic E-state index is 0.326. The van der Waals surface area contributed by atoms with E-state index in [0.717, 1.165) is 33.8 Å². The first-order valence-corrected chi connectivity index (χ1v) is 10.9. The molecular weight excluding hydrogens is 370 g/mol. The average molecular weight is 391 g/mol. The van der Waals surface area contributed by atoms with Crippen LogP contribution in [-0.4, -0.2) is 19.2 Å². The van der Waals surface area contributed by atoms with Crippen molar-refractivity contribution in [2.45, 2.75) is 18.7 Å². The molecule has 142 valence electrons. The molecule has 0 aliphatic carbocycles. The van der Waals surface area contributed by atoms with Crippen molar-refractivity contribution in [1.29, 1.82) is 0 Å². The molecule has 2 aromatic heterocycles. The van der Waals surface area contributed by atoms with Crippen molar-refractivity contribution in [1.82, 2.24) is 4.57 Å². The number of hydrogen-bond acceptors (Lipinski definition) is 3. The van der Waals surface area contributed by atoms with E-state index in [1.165, 1.54) is 11.8 Å². The highest BCUT2D eigenvalue weighted by molar-refractivity contribution is 7.90. The van der Waals surface area contributed by atoms with Gasteiger partial charge in [0.1, 0.15) is 0 Å². The summed E-state index contributed by atoms with van der Waals surface area (Å²) in [7, 11) is -3.21. The van der Waals surface area contributed by atoms with Crippen LogP contribution in [0.1, 0.15) is 11.3 Å². The normalized spacial score (nSPS) is 11.7. The summed E-state index contributed by atoms with van der Waals surface area (Å²) in [6, 6.07) is 19.4. The van der Waals surface area contributed by atoms with Gasteiger partial charge in [-0.2, -0.15) is 0 Å². The van der Waals surface area contributed by atoms with E-state index in [1.54, 1.807) is 24.7 Å². The maximum Gasteiger partial charge on any atom is 0.175 e. The number of aryl methyl sites for hydroxylation is 1. The van der Waals surface area contributed by atoms with Crippen LogP contribution >= 0.6 is 0 Å². The number of furan rings is 1. The zero-order valence-electron chi connectivity index (χ0n) is 16.0. The highest BCUT2D eigenvalue weighted by Gasteiger charge is 2.14. The molecule has 0 saturated heterocycles. The molecule has 0 fully saturated rings. The summed E-state index contributed by atoms with van der Waals surface area (Å²) in [5, 5.41) is 0. The van der Waals surface area contributed by atoms with Crippen LogP contribution < -0.4 is 0 Å². The minimum Gasteiger partial charge on any atom is -0.472 e. The molecule has 0 unspecified atom stereocenters. The maximum absolute atomic E-state index is 11.7. The van der Waals surface area contributed by atoms with Gasteiger partial charge in [0.25, 0.3) is 0 Å². The smallest absolute Gasteiger partial charge is 0.175 e. The third-order valence-corrected chi connectivity index (χ3v) is 6.19. The fourth-order valence-corrected chi connectivity index (χ4v) is 4.01. The van der Waals surface area contributed by atoms with Crippen molar-refractivity contribution in [2.24, 2.45) is 0 Å². The lowest BCUT2D eigenvalue weighted by Gasteiger charge is -2.13. The second-order valence-corrected chi connectivity index (χ2v) is 9.00. The minimum atomic E-state index is -3.21. The molecule has 0 spiro atoms. The van der Waals surface area contributed by atoms with E-state index in [1.807, 2.05) is 18.2 Å². The Balaban J connectivity index is 1.78. The van der Waals surface area contributed by atoms with Gasteiger partial charge in [-0.1, -0.05) is 24.3 Å².